The van der Waals surface area contributed by atoms with Crippen molar-refractivity contribution >= 4 is 26.9 Å². The number of halogens is 1. The largest absolute Gasteiger partial charge is 0.497 e. The summed E-state index contributed by atoms with van der Waals surface area (Å²) in [5.41, 5.74) is 4.15. The van der Waals surface area contributed by atoms with Crippen LogP contribution in [0.15, 0.2) is 68.3 Å². The number of hydrogen-bond donors (Lipinski definition) is 0. The molecule has 0 N–H and O–H groups in total. The third-order valence-corrected chi connectivity index (χ3v) is 6.12. The zero-order valence-corrected chi connectivity index (χ0v) is 19.7. The van der Waals surface area contributed by atoms with Gasteiger partial charge in [-0.05, 0) is 54.4 Å². The van der Waals surface area contributed by atoms with Crippen LogP contribution in [-0.4, -0.2) is 13.9 Å². The van der Waals surface area contributed by atoms with E-state index in [1.54, 1.807) is 13.2 Å². The topological polar surface area (TPSA) is 67.1 Å². The number of rotatable bonds is 5. The summed E-state index contributed by atoms with van der Waals surface area (Å²) in [6.45, 7) is 2.95. The van der Waals surface area contributed by atoms with Gasteiger partial charge >= 0.3 is 5.63 Å². The molecule has 0 saturated carbocycles. The van der Waals surface area contributed by atoms with Crippen LogP contribution in [0.25, 0.3) is 22.1 Å². The lowest BCUT2D eigenvalue weighted by Gasteiger charge is -2.21. The van der Waals surface area contributed by atoms with Crippen LogP contribution in [0.3, 0.4) is 0 Å². The first-order valence-electron chi connectivity index (χ1n) is 10.4. The van der Waals surface area contributed by atoms with Gasteiger partial charge in [0.1, 0.15) is 29.4 Å². The summed E-state index contributed by atoms with van der Waals surface area (Å²) in [5, 5.41) is 0.855. The number of aryl methyl sites for hydroxylation is 1. The minimum Gasteiger partial charge on any atom is -0.497 e. The van der Waals surface area contributed by atoms with E-state index in [0.29, 0.717) is 30.1 Å². The summed E-state index contributed by atoms with van der Waals surface area (Å²) in [5.74, 6) is 2.12. The average molecular weight is 509 g/mol. The Morgan fingerprint density at radius 3 is 2.61 bits per heavy atom. The highest BCUT2D eigenvalue weighted by Crippen LogP contribution is 2.34. The lowest BCUT2D eigenvalue weighted by atomic mass is 9.99. The van der Waals surface area contributed by atoms with Crippen molar-refractivity contribution in [3.63, 3.8) is 0 Å². The predicted octanol–water partition coefficient (Wildman–Crippen LogP) is 5.99. The summed E-state index contributed by atoms with van der Waals surface area (Å²) >= 11 is 3.53. The van der Waals surface area contributed by atoms with Gasteiger partial charge in [-0.25, -0.2) is 4.79 Å². The molecule has 5 rings (SSSR count). The van der Waals surface area contributed by atoms with Crippen LogP contribution in [0.1, 0.15) is 16.7 Å². The fourth-order valence-electron chi connectivity index (χ4n) is 4.04. The smallest absolute Gasteiger partial charge is 0.344 e. The molecular formula is C26H21BrO6. The van der Waals surface area contributed by atoms with Crippen LogP contribution in [-0.2, 0) is 18.0 Å². The third-order valence-electron chi connectivity index (χ3n) is 5.66. The van der Waals surface area contributed by atoms with E-state index in [0.717, 1.165) is 43.6 Å². The zero-order chi connectivity index (χ0) is 22.9. The van der Waals surface area contributed by atoms with Crippen molar-refractivity contribution < 1.29 is 23.4 Å². The van der Waals surface area contributed by atoms with Gasteiger partial charge in [-0.3, -0.25) is 0 Å². The van der Waals surface area contributed by atoms with Gasteiger partial charge in [-0.1, -0.05) is 28.1 Å². The molecule has 1 aromatic heterocycles. The minimum atomic E-state index is -0.392. The molecule has 6 nitrogen and oxygen atoms in total. The molecule has 0 unspecified atom stereocenters. The Labute approximate surface area is 198 Å². The van der Waals surface area contributed by atoms with Crippen LogP contribution in [0.5, 0.6) is 17.2 Å². The van der Waals surface area contributed by atoms with Gasteiger partial charge in [-0.15, -0.1) is 0 Å². The van der Waals surface area contributed by atoms with E-state index < -0.39 is 5.63 Å². The highest BCUT2D eigenvalue weighted by atomic mass is 79.9. The molecule has 3 aromatic carbocycles. The highest BCUT2D eigenvalue weighted by Gasteiger charge is 2.18. The lowest BCUT2D eigenvalue weighted by molar-refractivity contribution is -0.0176. The van der Waals surface area contributed by atoms with Gasteiger partial charge in [-0.2, -0.15) is 0 Å². The average Bonchev–Trinajstić information content (AvgIpc) is 2.82. The number of methoxy groups -OCH3 is 1. The maximum Gasteiger partial charge on any atom is 0.344 e. The standard InChI is InChI=1S/C26H21BrO6/c1-15-22-8-7-21(31-13-18-10-19(27)9-17-12-30-14-32-25(17)18)11-23(22)33-26(28)24(15)16-3-5-20(29-2)6-4-16/h3-11H,12-14H2,1-2H3. The molecular weight excluding hydrogens is 488 g/mol. The fourth-order valence-corrected chi connectivity index (χ4v) is 4.60. The molecule has 0 amide bonds. The van der Waals surface area contributed by atoms with Crippen molar-refractivity contribution in [2.45, 2.75) is 20.1 Å². The van der Waals surface area contributed by atoms with Crippen molar-refractivity contribution in [2.75, 3.05) is 13.9 Å². The monoisotopic (exact) mass is 508 g/mol. The molecule has 0 bridgehead atoms. The van der Waals surface area contributed by atoms with Gasteiger partial charge in [0.15, 0.2) is 6.79 Å². The van der Waals surface area contributed by atoms with E-state index in [9.17, 15) is 4.79 Å². The molecule has 7 heteroatoms. The first-order valence-corrected chi connectivity index (χ1v) is 11.2. The zero-order valence-electron chi connectivity index (χ0n) is 18.1. The minimum absolute atomic E-state index is 0.221. The second-order valence-corrected chi connectivity index (χ2v) is 8.64. The molecule has 1 aliphatic rings. The Bertz CT molecular complexity index is 1390. The second-order valence-electron chi connectivity index (χ2n) is 7.73. The molecule has 33 heavy (non-hydrogen) atoms. The molecule has 4 aromatic rings. The van der Waals surface area contributed by atoms with E-state index in [2.05, 4.69) is 15.9 Å². The summed E-state index contributed by atoms with van der Waals surface area (Å²) < 4.78 is 28.9. The molecule has 2 heterocycles. The summed E-state index contributed by atoms with van der Waals surface area (Å²) in [7, 11) is 1.61. The number of fused-ring (bicyclic) bond motifs is 2. The van der Waals surface area contributed by atoms with Gasteiger partial charge in [0.2, 0.25) is 0 Å². The summed E-state index contributed by atoms with van der Waals surface area (Å²) in [6, 6.07) is 16.8. The van der Waals surface area contributed by atoms with Crippen LogP contribution >= 0.6 is 15.9 Å². The normalized spacial score (nSPS) is 12.8. The molecule has 0 spiro atoms. The Morgan fingerprint density at radius 1 is 1.03 bits per heavy atom. The van der Waals surface area contributed by atoms with E-state index in [1.807, 2.05) is 55.5 Å². The maximum atomic E-state index is 12.8. The first-order chi connectivity index (χ1) is 16.0. The van der Waals surface area contributed by atoms with Crippen molar-refractivity contribution in [3.05, 3.63) is 86.2 Å². The van der Waals surface area contributed by atoms with E-state index in [4.69, 9.17) is 23.4 Å². The van der Waals surface area contributed by atoms with Crippen LogP contribution in [0.2, 0.25) is 0 Å². The number of ether oxygens (including phenoxy) is 4. The van der Waals surface area contributed by atoms with Gasteiger partial charge in [0, 0.05) is 27.1 Å². The van der Waals surface area contributed by atoms with Crippen LogP contribution < -0.4 is 19.8 Å². The molecule has 0 atom stereocenters. The SMILES string of the molecule is COc1ccc(-c2c(C)c3ccc(OCc4cc(Br)cc5c4OCOC5)cc3oc2=O)cc1. The molecule has 0 radical (unpaired) electrons. The quantitative estimate of drug-likeness (QED) is 0.308. The maximum absolute atomic E-state index is 12.8. The predicted molar refractivity (Wildman–Crippen MR) is 128 cm³/mol. The Hall–Kier alpha value is -3.29. The Morgan fingerprint density at radius 2 is 1.82 bits per heavy atom. The molecule has 1 aliphatic heterocycles. The number of hydrogen-bond acceptors (Lipinski definition) is 6. The Balaban J connectivity index is 1.45. The van der Waals surface area contributed by atoms with Crippen molar-refractivity contribution in [3.8, 4) is 28.4 Å². The fraction of sp³-hybridized carbons (Fsp3) is 0.192. The van der Waals surface area contributed by atoms with E-state index in [1.165, 1.54) is 0 Å². The van der Waals surface area contributed by atoms with Crippen LogP contribution in [0.4, 0.5) is 0 Å². The van der Waals surface area contributed by atoms with Gasteiger partial charge in [0.25, 0.3) is 0 Å². The third kappa shape index (κ3) is 4.21. The van der Waals surface area contributed by atoms with E-state index in [-0.39, 0.29) is 6.79 Å². The number of benzene rings is 3. The Kier molecular flexibility index (Phi) is 5.83. The second kappa shape index (κ2) is 8.92. The van der Waals surface area contributed by atoms with Crippen LogP contribution in [0, 0.1) is 6.92 Å². The molecule has 0 saturated heterocycles. The first kappa shape index (κ1) is 21.6. The lowest BCUT2D eigenvalue weighted by Crippen LogP contribution is -2.14. The summed E-state index contributed by atoms with van der Waals surface area (Å²) in [4.78, 5) is 12.8. The summed E-state index contributed by atoms with van der Waals surface area (Å²) in [6.07, 6.45) is 0. The van der Waals surface area contributed by atoms with Gasteiger partial charge in [0.05, 0.1) is 19.3 Å². The van der Waals surface area contributed by atoms with Crippen molar-refractivity contribution in [2.24, 2.45) is 0 Å². The van der Waals surface area contributed by atoms with Gasteiger partial charge < -0.3 is 23.4 Å². The molecule has 0 aliphatic carbocycles. The molecule has 0 fully saturated rings. The highest BCUT2D eigenvalue weighted by molar-refractivity contribution is 9.10. The van der Waals surface area contributed by atoms with Crippen molar-refractivity contribution in [1.82, 2.24) is 0 Å². The molecule has 168 valence electrons. The van der Waals surface area contributed by atoms with Crippen molar-refractivity contribution in [1.29, 1.82) is 0 Å². The van der Waals surface area contributed by atoms with E-state index >= 15 is 0 Å².